The molecule has 2 rings (SSSR count). The summed E-state index contributed by atoms with van der Waals surface area (Å²) < 4.78 is 5.07. The fourth-order valence-electron chi connectivity index (χ4n) is 2.48. The molecule has 0 aliphatic carbocycles. The van der Waals surface area contributed by atoms with Crippen molar-refractivity contribution in [3.63, 3.8) is 0 Å². The van der Waals surface area contributed by atoms with E-state index >= 15 is 0 Å². The summed E-state index contributed by atoms with van der Waals surface area (Å²) in [6.45, 7) is 1.09. The minimum Gasteiger partial charge on any atom is -0.503 e. The number of nitrogens with zero attached hydrogens (tertiary/aromatic N) is 1. The van der Waals surface area contributed by atoms with Crippen LogP contribution in [0.5, 0.6) is 5.75 Å². The van der Waals surface area contributed by atoms with Crippen molar-refractivity contribution in [2.24, 2.45) is 0 Å². The Morgan fingerprint density at radius 3 is 2.43 bits per heavy atom. The van der Waals surface area contributed by atoms with Crippen molar-refractivity contribution in [2.75, 3.05) is 20.3 Å². The van der Waals surface area contributed by atoms with Crippen LogP contribution in [0.15, 0.2) is 35.6 Å². The van der Waals surface area contributed by atoms with Gasteiger partial charge in [-0.1, -0.05) is 12.1 Å². The average Bonchev–Trinajstić information content (AvgIpc) is 2.73. The lowest BCUT2D eigenvalue weighted by molar-refractivity contribution is -0.129. The van der Waals surface area contributed by atoms with Gasteiger partial charge in [0.25, 0.3) is 5.91 Å². The molecule has 0 saturated carbocycles. The zero-order valence-corrected chi connectivity index (χ0v) is 11.9. The first-order valence-corrected chi connectivity index (χ1v) is 6.51. The van der Waals surface area contributed by atoms with E-state index in [9.17, 15) is 14.7 Å². The maximum Gasteiger partial charge on any atom is 0.290 e. The number of ketones is 1. The zero-order chi connectivity index (χ0) is 15.6. The highest BCUT2D eigenvalue weighted by Crippen LogP contribution is 2.37. The van der Waals surface area contributed by atoms with Crippen molar-refractivity contribution in [1.82, 2.24) is 4.90 Å². The SMILES string of the molecule is COc1ccc(C2C(C(C)=O)=C(O)C(=O)N2CCO)cc1. The molecule has 112 valence electrons. The monoisotopic (exact) mass is 291 g/mol. The number of carbonyl (C=O) groups is 2. The molecule has 6 heteroatoms. The maximum absolute atomic E-state index is 12.0. The molecular weight excluding hydrogens is 274 g/mol. The average molecular weight is 291 g/mol. The van der Waals surface area contributed by atoms with Gasteiger partial charge in [0.05, 0.1) is 25.3 Å². The highest BCUT2D eigenvalue weighted by molar-refractivity contribution is 6.08. The van der Waals surface area contributed by atoms with Crippen molar-refractivity contribution in [2.45, 2.75) is 13.0 Å². The number of amides is 1. The molecule has 0 fully saturated rings. The van der Waals surface area contributed by atoms with Crippen LogP contribution in [0.4, 0.5) is 0 Å². The van der Waals surface area contributed by atoms with Crippen LogP contribution < -0.4 is 4.74 Å². The molecule has 1 aliphatic heterocycles. The number of Topliss-reactive ketones (excluding diaryl/α,β-unsaturated/α-hetero) is 1. The third-order valence-electron chi connectivity index (χ3n) is 3.46. The predicted octanol–water partition coefficient (Wildman–Crippen LogP) is 0.972. The number of aliphatic hydroxyl groups is 2. The van der Waals surface area contributed by atoms with E-state index in [0.717, 1.165) is 0 Å². The van der Waals surface area contributed by atoms with Crippen LogP contribution in [-0.2, 0) is 9.59 Å². The third kappa shape index (κ3) is 2.62. The molecule has 0 spiro atoms. The van der Waals surface area contributed by atoms with E-state index in [1.54, 1.807) is 31.4 Å². The molecule has 1 atom stereocenters. The Morgan fingerprint density at radius 2 is 1.95 bits per heavy atom. The second-order valence-corrected chi connectivity index (χ2v) is 4.72. The molecular formula is C15H17NO5. The normalized spacial score (nSPS) is 18.3. The number of carbonyl (C=O) groups excluding carboxylic acids is 2. The number of ether oxygens (including phenoxy) is 1. The predicted molar refractivity (Wildman–Crippen MR) is 74.9 cm³/mol. The molecule has 1 amide bonds. The number of methoxy groups -OCH3 is 1. The number of β-amino-alcohol motifs (C(OH)–C–C–N with tert-alkyl or cyclic N) is 1. The van der Waals surface area contributed by atoms with Crippen LogP contribution in [0.1, 0.15) is 18.5 Å². The third-order valence-corrected chi connectivity index (χ3v) is 3.46. The van der Waals surface area contributed by atoms with Crippen LogP contribution in [0.3, 0.4) is 0 Å². The maximum atomic E-state index is 12.0. The first-order chi connectivity index (χ1) is 10.0. The van der Waals surface area contributed by atoms with Gasteiger partial charge in [0, 0.05) is 6.54 Å². The topological polar surface area (TPSA) is 87.1 Å². The standard InChI is InChI=1S/C15H17NO5/c1-9(18)12-13(10-3-5-11(21-2)6-4-10)16(7-8-17)15(20)14(12)19/h3-6,13,17,19H,7-8H2,1-2H3. The van der Waals surface area contributed by atoms with Crippen LogP contribution in [0.25, 0.3) is 0 Å². The highest BCUT2D eigenvalue weighted by atomic mass is 16.5. The number of hydrogen-bond donors (Lipinski definition) is 2. The van der Waals surface area contributed by atoms with Gasteiger partial charge >= 0.3 is 0 Å². The molecule has 0 bridgehead atoms. The molecule has 1 heterocycles. The number of benzene rings is 1. The Hall–Kier alpha value is -2.34. The summed E-state index contributed by atoms with van der Waals surface area (Å²) in [6, 6.07) is 6.19. The van der Waals surface area contributed by atoms with Gasteiger partial charge in [0.1, 0.15) is 5.75 Å². The number of hydrogen-bond acceptors (Lipinski definition) is 5. The van der Waals surface area contributed by atoms with Crippen molar-refractivity contribution in [1.29, 1.82) is 0 Å². The van der Waals surface area contributed by atoms with Crippen molar-refractivity contribution in [3.05, 3.63) is 41.2 Å². The molecule has 0 radical (unpaired) electrons. The molecule has 21 heavy (non-hydrogen) atoms. The summed E-state index contributed by atoms with van der Waals surface area (Å²) in [5.74, 6) is -0.914. The zero-order valence-electron chi connectivity index (χ0n) is 11.9. The Balaban J connectivity index is 2.48. The van der Waals surface area contributed by atoms with E-state index < -0.39 is 17.7 Å². The number of aliphatic hydroxyl groups excluding tert-OH is 2. The summed E-state index contributed by atoms with van der Waals surface area (Å²) >= 11 is 0. The fourth-order valence-corrected chi connectivity index (χ4v) is 2.48. The summed E-state index contributed by atoms with van der Waals surface area (Å²) in [7, 11) is 1.54. The minimum absolute atomic E-state index is 0.0381. The Kier molecular flexibility index (Phi) is 4.28. The van der Waals surface area contributed by atoms with Gasteiger partial charge in [-0.25, -0.2) is 0 Å². The molecule has 1 aromatic rings. The summed E-state index contributed by atoms with van der Waals surface area (Å²) in [6.07, 6.45) is 0. The smallest absolute Gasteiger partial charge is 0.290 e. The van der Waals surface area contributed by atoms with Gasteiger partial charge < -0.3 is 19.8 Å². The first kappa shape index (κ1) is 15.1. The van der Waals surface area contributed by atoms with Crippen molar-refractivity contribution < 1.29 is 24.5 Å². The molecule has 6 nitrogen and oxygen atoms in total. The van der Waals surface area contributed by atoms with Crippen LogP contribution >= 0.6 is 0 Å². The van der Waals surface area contributed by atoms with E-state index in [1.165, 1.54) is 11.8 Å². The van der Waals surface area contributed by atoms with Gasteiger partial charge in [0.2, 0.25) is 0 Å². The lowest BCUT2D eigenvalue weighted by atomic mass is 9.97. The van der Waals surface area contributed by atoms with Crippen LogP contribution in [0.2, 0.25) is 0 Å². The summed E-state index contributed by atoms with van der Waals surface area (Å²) in [5.41, 5.74) is 0.727. The lowest BCUT2D eigenvalue weighted by Gasteiger charge is -2.25. The van der Waals surface area contributed by atoms with E-state index in [2.05, 4.69) is 0 Å². The molecule has 1 unspecified atom stereocenters. The van der Waals surface area contributed by atoms with Crippen LogP contribution in [-0.4, -0.2) is 47.1 Å². The van der Waals surface area contributed by atoms with Gasteiger partial charge in [-0.3, -0.25) is 9.59 Å². The molecule has 2 N–H and O–H groups in total. The van der Waals surface area contributed by atoms with Gasteiger partial charge in [-0.15, -0.1) is 0 Å². The van der Waals surface area contributed by atoms with E-state index in [-0.39, 0.29) is 24.5 Å². The Morgan fingerprint density at radius 1 is 1.33 bits per heavy atom. The fraction of sp³-hybridized carbons (Fsp3) is 0.333. The minimum atomic E-state index is -0.687. The highest BCUT2D eigenvalue weighted by Gasteiger charge is 2.41. The van der Waals surface area contributed by atoms with Crippen molar-refractivity contribution >= 4 is 11.7 Å². The van der Waals surface area contributed by atoms with E-state index in [4.69, 9.17) is 9.84 Å². The van der Waals surface area contributed by atoms with Crippen LogP contribution in [0, 0.1) is 0 Å². The quantitative estimate of drug-likeness (QED) is 0.844. The second-order valence-electron chi connectivity index (χ2n) is 4.72. The van der Waals surface area contributed by atoms with E-state index in [0.29, 0.717) is 11.3 Å². The Labute approximate surface area is 122 Å². The molecule has 1 aliphatic rings. The van der Waals surface area contributed by atoms with Gasteiger partial charge in [-0.05, 0) is 24.6 Å². The largest absolute Gasteiger partial charge is 0.503 e. The van der Waals surface area contributed by atoms with Gasteiger partial charge in [-0.2, -0.15) is 0 Å². The second kappa shape index (κ2) is 5.97. The van der Waals surface area contributed by atoms with Crippen molar-refractivity contribution in [3.8, 4) is 5.75 Å². The molecule has 1 aromatic carbocycles. The summed E-state index contributed by atoms with van der Waals surface area (Å²) in [4.78, 5) is 25.1. The number of rotatable bonds is 5. The molecule has 0 aromatic heterocycles. The first-order valence-electron chi connectivity index (χ1n) is 6.51. The molecule has 0 saturated heterocycles. The lowest BCUT2D eigenvalue weighted by Crippen LogP contribution is -2.33. The Bertz CT molecular complexity index is 591. The summed E-state index contributed by atoms with van der Waals surface area (Å²) in [5, 5.41) is 19.0. The van der Waals surface area contributed by atoms with E-state index in [1.807, 2.05) is 0 Å². The van der Waals surface area contributed by atoms with Gasteiger partial charge in [0.15, 0.2) is 11.5 Å².